The fourth-order valence-electron chi connectivity index (χ4n) is 1.59. The standard InChI is InChI=1S/C14H17N3O3/c1-19-8-7-15-14(18)13-9-11(16-17-13)10-20-12-5-3-2-4-6-12/h2-6,9H,7-8,10H2,1H3,(H,15,18)(H,16,17). The van der Waals surface area contributed by atoms with Crippen molar-refractivity contribution in [3.05, 3.63) is 47.8 Å². The second-order valence-corrected chi connectivity index (χ2v) is 4.13. The summed E-state index contributed by atoms with van der Waals surface area (Å²) in [6.07, 6.45) is 0. The summed E-state index contributed by atoms with van der Waals surface area (Å²) in [4.78, 5) is 11.7. The smallest absolute Gasteiger partial charge is 0.271 e. The third-order valence-corrected chi connectivity index (χ3v) is 2.59. The summed E-state index contributed by atoms with van der Waals surface area (Å²) in [6, 6.07) is 11.1. The van der Waals surface area contributed by atoms with Crippen molar-refractivity contribution in [3.8, 4) is 5.75 Å². The van der Waals surface area contributed by atoms with E-state index in [0.29, 0.717) is 25.5 Å². The van der Waals surface area contributed by atoms with Crippen LogP contribution in [0.5, 0.6) is 5.75 Å². The van der Waals surface area contributed by atoms with Gasteiger partial charge in [-0.25, -0.2) is 0 Å². The number of aromatic amines is 1. The van der Waals surface area contributed by atoms with Gasteiger partial charge >= 0.3 is 0 Å². The Morgan fingerprint density at radius 1 is 1.35 bits per heavy atom. The molecule has 2 rings (SSSR count). The Bertz CT molecular complexity index is 540. The molecule has 6 heteroatoms. The zero-order valence-electron chi connectivity index (χ0n) is 11.3. The van der Waals surface area contributed by atoms with Gasteiger partial charge < -0.3 is 14.8 Å². The summed E-state index contributed by atoms with van der Waals surface area (Å²) in [5.41, 5.74) is 1.08. The zero-order chi connectivity index (χ0) is 14.2. The van der Waals surface area contributed by atoms with E-state index in [2.05, 4.69) is 15.5 Å². The summed E-state index contributed by atoms with van der Waals surface area (Å²) >= 11 is 0. The number of H-pyrrole nitrogens is 1. The quantitative estimate of drug-likeness (QED) is 0.748. The lowest BCUT2D eigenvalue weighted by Crippen LogP contribution is -2.27. The summed E-state index contributed by atoms with van der Waals surface area (Å²) in [5.74, 6) is 0.539. The lowest BCUT2D eigenvalue weighted by Gasteiger charge is -2.03. The number of hydrogen-bond acceptors (Lipinski definition) is 4. The SMILES string of the molecule is COCCNC(=O)c1cc(COc2ccccc2)[nH]n1. The minimum absolute atomic E-state index is 0.232. The number of nitrogens with one attached hydrogen (secondary N) is 2. The maximum atomic E-state index is 11.7. The van der Waals surface area contributed by atoms with Crippen LogP contribution >= 0.6 is 0 Å². The number of ether oxygens (including phenoxy) is 2. The van der Waals surface area contributed by atoms with Crippen molar-refractivity contribution in [1.82, 2.24) is 15.5 Å². The predicted molar refractivity (Wildman–Crippen MR) is 73.6 cm³/mol. The number of carbonyl (C=O) groups excluding carboxylic acids is 1. The van der Waals surface area contributed by atoms with Crippen LogP contribution < -0.4 is 10.1 Å². The van der Waals surface area contributed by atoms with Gasteiger partial charge in [-0.05, 0) is 18.2 Å². The highest BCUT2D eigenvalue weighted by Crippen LogP contribution is 2.11. The van der Waals surface area contributed by atoms with Gasteiger partial charge in [0.1, 0.15) is 18.1 Å². The van der Waals surface area contributed by atoms with Crippen LogP contribution in [0.2, 0.25) is 0 Å². The first-order valence-corrected chi connectivity index (χ1v) is 6.29. The zero-order valence-corrected chi connectivity index (χ0v) is 11.3. The summed E-state index contributed by atoms with van der Waals surface area (Å²) in [7, 11) is 1.58. The highest BCUT2D eigenvalue weighted by Gasteiger charge is 2.09. The molecule has 0 spiro atoms. The third kappa shape index (κ3) is 4.10. The van der Waals surface area contributed by atoms with E-state index in [-0.39, 0.29) is 5.91 Å². The van der Waals surface area contributed by atoms with Gasteiger partial charge in [-0.2, -0.15) is 5.10 Å². The average molecular weight is 275 g/mol. The number of benzene rings is 1. The summed E-state index contributed by atoms with van der Waals surface area (Å²) in [5, 5.41) is 9.43. The van der Waals surface area contributed by atoms with E-state index >= 15 is 0 Å². The maximum Gasteiger partial charge on any atom is 0.271 e. The van der Waals surface area contributed by atoms with E-state index in [1.54, 1.807) is 13.2 Å². The van der Waals surface area contributed by atoms with Gasteiger partial charge in [0.25, 0.3) is 5.91 Å². The number of rotatable bonds is 7. The van der Waals surface area contributed by atoms with Crippen LogP contribution in [0, 0.1) is 0 Å². The number of nitrogens with zero attached hydrogens (tertiary/aromatic N) is 1. The van der Waals surface area contributed by atoms with Gasteiger partial charge in [0.05, 0.1) is 12.3 Å². The number of amides is 1. The molecule has 106 valence electrons. The van der Waals surface area contributed by atoms with Crippen molar-refractivity contribution in [2.45, 2.75) is 6.61 Å². The fourth-order valence-corrected chi connectivity index (χ4v) is 1.59. The first kappa shape index (κ1) is 14.1. The van der Waals surface area contributed by atoms with Crippen LogP contribution in [0.4, 0.5) is 0 Å². The number of hydrogen-bond donors (Lipinski definition) is 2. The molecule has 0 atom stereocenters. The van der Waals surface area contributed by atoms with Crippen molar-refractivity contribution in [2.24, 2.45) is 0 Å². The molecule has 6 nitrogen and oxygen atoms in total. The molecular weight excluding hydrogens is 258 g/mol. The van der Waals surface area contributed by atoms with Crippen LogP contribution in [0.15, 0.2) is 36.4 Å². The highest BCUT2D eigenvalue weighted by atomic mass is 16.5. The lowest BCUT2D eigenvalue weighted by molar-refractivity contribution is 0.0932. The van der Waals surface area contributed by atoms with Crippen LogP contribution in [-0.2, 0) is 11.3 Å². The molecule has 2 N–H and O–H groups in total. The largest absolute Gasteiger partial charge is 0.487 e. The van der Waals surface area contributed by atoms with Crippen molar-refractivity contribution in [3.63, 3.8) is 0 Å². The molecule has 0 radical (unpaired) electrons. The van der Waals surface area contributed by atoms with Gasteiger partial charge in [-0.1, -0.05) is 18.2 Å². The minimum atomic E-state index is -0.232. The third-order valence-electron chi connectivity index (χ3n) is 2.59. The van der Waals surface area contributed by atoms with E-state index in [0.717, 1.165) is 11.4 Å². The van der Waals surface area contributed by atoms with Gasteiger partial charge in [0.15, 0.2) is 0 Å². The van der Waals surface area contributed by atoms with Crippen molar-refractivity contribution < 1.29 is 14.3 Å². The number of aromatic nitrogens is 2. The Morgan fingerprint density at radius 3 is 2.90 bits per heavy atom. The van der Waals surface area contributed by atoms with Crippen molar-refractivity contribution in [1.29, 1.82) is 0 Å². The molecule has 0 bridgehead atoms. The molecule has 1 amide bonds. The van der Waals surface area contributed by atoms with E-state index in [1.807, 2.05) is 30.3 Å². The van der Waals surface area contributed by atoms with Crippen molar-refractivity contribution in [2.75, 3.05) is 20.3 Å². The molecule has 2 aromatic rings. The van der Waals surface area contributed by atoms with Gasteiger partial charge in [0, 0.05) is 13.7 Å². The van der Waals surface area contributed by atoms with E-state index in [1.165, 1.54) is 0 Å². The van der Waals surface area contributed by atoms with Crippen LogP contribution in [0.3, 0.4) is 0 Å². The molecule has 1 aromatic carbocycles. The molecule has 1 aromatic heterocycles. The Hall–Kier alpha value is -2.34. The maximum absolute atomic E-state index is 11.7. The van der Waals surface area contributed by atoms with E-state index in [4.69, 9.17) is 9.47 Å². The molecule has 0 unspecified atom stereocenters. The summed E-state index contributed by atoms with van der Waals surface area (Å²) in [6.45, 7) is 1.26. The first-order valence-electron chi connectivity index (χ1n) is 6.29. The monoisotopic (exact) mass is 275 g/mol. The first-order chi connectivity index (χ1) is 9.79. The number of para-hydroxylation sites is 1. The summed E-state index contributed by atoms with van der Waals surface area (Å²) < 4.78 is 10.4. The molecule has 0 fully saturated rings. The van der Waals surface area contributed by atoms with Crippen LogP contribution in [0.25, 0.3) is 0 Å². The molecule has 20 heavy (non-hydrogen) atoms. The van der Waals surface area contributed by atoms with Crippen LogP contribution in [-0.4, -0.2) is 36.4 Å². The van der Waals surface area contributed by atoms with Crippen molar-refractivity contribution >= 4 is 5.91 Å². The molecule has 0 saturated carbocycles. The molecule has 0 saturated heterocycles. The van der Waals surface area contributed by atoms with Gasteiger partial charge in [-0.15, -0.1) is 0 Å². The predicted octanol–water partition coefficient (Wildman–Crippen LogP) is 1.36. The minimum Gasteiger partial charge on any atom is -0.487 e. The van der Waals surface area contributed by atoms with Gasteiger partial charge in [0.2, 0.25) is 0 Å². The molecular formula is C14H17N3O3. The topological polar surface area (TPSA) is 76.2 Å². The lowest BCUT2D eigenvalue weighted by atomic mass is 10.3. The average Bonchev–Trinajstić information content (AvgIpc) is 2.95. The van der Waals surface area contributed by atoms with Crippen LogP contribution in [0.1, 0.15) is 16.2 Å². The Labute approximate surface area is 117 Å². The number of methoxy groups -OCH3 is 1. The normalized spacial score (nSPS) is 10.2. The Morgan fingerprint density at radius 2 is 2.15 bits per heavy atom. The van der Waals surface area contributed by atoms with Gasteiger partial charge in [-0.3, -0.25) is 9.89 Å². The molecule has 1 heterocycles. The Kier molecular flexibility index (Phi) is 5.14. The second kappa shape index (κ2) is 7.30. The molecule has 0 aliphatic rings. The Balaban J connectivity index is 1.84. The molecule has 0 aliphatic carbocycles. The number of carbonyl (C=O) groups is 1. The molecule has 0 aliphatic heterocycles. The fraction of sp³-hybridized carbons (Fsp3) is 0.286. The highest BCUT2D eigenvalue weighted by molar-refractivity contribution is 5.92. The van der Waals surface area contributed by atoms with E-state index in [9.17, 15) is 4.79 Å². The van der Waals surface area contributed by atoms with E-state index < -0.39 is 0 Å². The second-order valence-electron chi connectivity index (χ2n) is 4.13.